The van der Waals surface area contributed by atoms with Crippen LogP contribution in [0.3, 0.4) is 0 Å². The Labute approximate surface area is 395 Å². The van der Waals surface area contributed by atoms with Gasteiger partial charge in [-0.25, -0.2) is 28.8 Å². The number of carbonyl (C=O) groups excluding carboxylic acids is 8. The van der Waals surface area contributed by atoms with Crippen LogP contribution in [0.4, 0.5) is 0 Å². The van der Waals surface area contributed by atoms with Gasteiger partial charge in [-0.2, -0.15) is 0 Å². The molecule has 16 heteroatoms. The summed E-state index contributed by atoms with van der Waals surface area (Å²) < 4.78 is 32.2. The summed E-state index contributed by atoms with van der Waals surface area (Å²) in [5.41, 5.74) is 2.99. The molecule has 0 atom stereocenters. The fourth-order valence-electron chi connectivity index (χ4n) is 5.62. The average molecular weight is 933 g/mol. The number of hydrogen-bond donors (Lipinski definition) is 0. The molecule has 0 radical (unpaired) electrons. The van der Waals surface area contributed by atoms with E-state index in [1.807, 2.05) is 0 Å². The molecule has 68 heavy (non-hydrogen) atoms. The highest BCUT2D eigenvalue weighted by molar-refractivity contribution is 6.01. The summed E-state index contributed by atoms with van der Waals surface area (Å²) in [6.45, 7) is 29.0. The Kier molecular flexibility index (Phi) is 20.3. The molecule has 358 valence electrons. The largest absolute Gasteiger partial charge is 0.460 e. The number of esters is 6. The van der Waals surface area contributed by atoms with Gasteiger partial charge in [0.1, 0.15) is 37.9 Å². The summed E-state index contributed by atoms with van der Waals surface area (Å²) in [4.78, 5) is 105. The number of amides is 2. The maximum atomic E-state index is 14.3. The number of ether oxygens (including phenoxy) is 6. The van der Waals surface area contributed by atoms with Crippen molar-refractivity contribution in [2.75, 3.05) is 52.6 Å². The quantitative estimate of drug-likeness (QED) is 0.0374. The monoisotopic (exact) mass is 932 g/mol. The van der Waals surface area contributed by atoms with Crippen molar-refractivity contribution in [1.82, 2.24) is 9.80 Å². The van der Waals surface area contributed by atoms with Crippen LogP contribution >= 0.6 is 0 Å². The van der Waals surface area contributed by atoms with Crippen molar-refractivity contribution in [3.8, 4) is 33.8 Å². The number of hydrogen-bond acceptors (Lipinski definition) is 14. The van der Waals surface area contributed by atoms with Crippen LogP contribution in [0.5, 0.6) is 11.5 Å². The third-order valence-electron chi connectivity index (χ3n) is 9.42. The van der Waals surface area contributed by atoms with Gasteiger partial charge < -0.3 is 38.2 Å². The van der Waals surface area contributed by atoms with Gasteiger partial charge in [0.2, 0.25) is 0 Å². The van der Waals surface area contributed by atoms with Gasteiger partial charge in [0, 0.05) is 33.4 Å². The smallest absolute Gasteiger partial charge is 0.338 e. The van der Waals surface area contributed by atoms with E-state index >= 15 is 0 Å². The van der Waals surface area contributed by atoms with Crippen LogP contribution in [0.2, 0.25) is 0 Å². The molecule has 2 amide bonds. The van der Waals surface area contributed by atoms with Gasteiger partial charge in [-0.3, -0.25) is 9.59 Å². The number of benzene rings is 3. The lowest BCUT2D eigenvalue weighted by atomic mass is 9.97. The predicted octanol–water partition coefficient (Wildman–Crippen LogP) is 7.35. The Bertz CT molecular complexity index is 2490. The molecule has 0 aromatic heterocycles. The van der Waals surface area contributed by atoms with Crippen molar-refractivity contribution in [2.45, 2.75) is 41.5 Å². The highest BCUT2D eigenvalue weighted by Gasteiger charge is 2.26. The molecule has 3 aromatic carbocycles. The molecule has 0 saturated heterocycles. The molecule has 0 heterocycles. The molecule has 0 N–H and O–H groups in total. The predicted molar refractivity (Wildman–Crippen MR) is 253 cm³/mol. The van der Waals surface area contributed by atoms with E-state index in [-0.39, 0.29) is 109 Å². The fraction of sp³-hybridized carbons (Fsp3) is 0.269. The molecule has 0 bridgehead atoms. The van der Waals surface area contributed by atoms with Gasteiger partial charge in [-0.15, -0.1) is 0 Å². The van der Waals surface area contributed by atoms with Crippen LogP contribution in [-0.4, -0.2) is 110 Å². The summed E-state index contributed by atoms with van der Waals surface area (Å²) in [6.07, 6.45) is 0. The minimum atomic E-state index is -0.800. The van der Waals surface area contributed by atoms with E-state index in [0.717, 1.165) is 0 Å². The molecule has 16 nitrogen and oxygen atoms in total. The van der Waals surface area contributed by atoms with E-state index in [0.29, 0.717) is 22.3 Å². The first-order chi connectivity index (χ1) is 32.0. The van der Waals surface area contributed by atoms with E-state index in [2.05, 4.69) is 39.5 Å². The minimum absolute atomic E-state index is 0.0286. The molecule has 0 saturated carbocycles. The van der Waals surface area contributed by atoms with Crippen molar-refractivity contribution >= 4 is 47.6 Å². The van der Waals surface area contributed by atoms with Crippen LogP contribution in [0.15, 0.2) is 134 Å². The second-order valence-corrected chi connectivity index (χ2v) is 15.6. The molecular formula is C52H56N2O14. The zero-order valence-corrected chi connectivity index (χ0v) is 39.3. The summed E-state index contributed by atoms with van der Waals surface area (Å²) in [5, 5.41) is 0. The highest BCUT2D eigenvalue weighted by Crippen LogP contribution is 2.33. The third kappa shape index (κ3) is 16.1. The van der Waals surface area contributed by atoms with Gasteiger partial charge in [0.05, 0.1) is 37.3 Å². The molecule has 0 aliphatic carbocycles. The molecule has 0 aliphatic heterocycles. The van der Waals surface area contributed by atoms with Gasteiger partial charge in [0.15, 0.2) is 0 Å². The van der Waals surface area contributed by atoms with Crippen LogP contribution < -0.4 is 9.47 Å². The maximum Gasteiger partial charge on any atom is 0.338 e. The lowest BCUT2D eigenvalue weighted by molar-refractivity contribution is -0.141. The zero-order valence-electron chi connectivity index (χ0n) is 39.3. The van der Waals surface area contributed by atoms with E-state index < -0.39 is 47.6 Å². The fourth-order valence-corrected chi connectivity index (χ4v) is 5.62. The Morgan fingerprint density at radius 2 is 0.662 bits per heavy atom. The molecule has 3 aromatic rings. The second kappa shape index (κ2) is 25.5. The lowest BCUT2D eigenvalue weighted by Gasteiger charge is -2.24. The lowest BCUT2D eigenvalue weighted by Crippen LogP contribution is -2.37. The summed E-state index contributed by atoms with van der Waals surface area (Å²) in [6, 6.07) is 16.2. The van der Waals surface area contributed by atoms with Gasteiger partial charge in [-0.1, -0.05) is 75.9 Å². The van der Waals surface area contributed by atoms with Crippen molar-refractivity contribution in [3.05, 3.63) is 145 Å². The number of nitrogens with zero attached hydrogens (tertiary/aromatic N) is 2. The zero-order chi connectivity index (χ0) is 50.8. The third-order valence-corrected chi connectivity index (χ3v) is 9.42. The van der Waals surface area contributed by atoms with E-state index in [1.54, 1.807) is 36.4 Å². The van der Waals surface area contributed by atoms with Crippen molar-refractivity contribution in [1.29, 1.82) is 0 Å². The van der Waals surface area contributed by atoms with Crippen LogP contribution in [0.25, 0.3) is 22.3 Å². The first kappa shape index (κ1) is 54.2. The Morgan fingerprint density at radius 1 is 0.368 bits per heavy atom. The number of carbonyl (C=O) groups is 8. The Hall–Kier alpha value is -8.14. The first-order valence-corrected chi connectivity index (χ1v) is 21.1. The van der Waals surface area contributed by atoms with Crippen molar-refractivity contribution in [3.63, 3.8) is 0 Å². The average Bonchev–Trinajstić information content (AvgIpc) is 3.29. The van der Waals surface area contributed by atoms with E-state index in [9.17, 15) is 38.4 Å². The molecule has 0 aliphatic rings. The minimum Gasteiger partial charge on any atom is -0.460 e. The van der Waals surface area contributed by atoms with Gasteiger partial charge in [0.25, 0.3) is 11.8 Å². The van der Waals surface area contributed by atoms with Crippen molar-refractivity contribution in [2.24, 2.45) is 0 Å². The molecule has 3 rings (SSSR count). The van der Waals surface area contributed by atoms with E-state index in [4.69, 9.17) is 28.4 Å². The maximum absolute atomic E-state index is 14.3. The van der Waals surface area contributed by atoms with E-state index in [1.165, 1.54) is 75.6 Å². The SMILES string of the molecule is C=C(C)C(=O)OCCN(CCOC(=O)C(=C)C)C(=O)c1ccc(-c2ccc(-c3ccc(OC(=O)C(=C)C)c(C(=O)N(CCOC(=O)C(=C)C)CCOC(=O)C(=C)C)c3)cc2)cc1OC(=O)C(=C)C. The van der Waals surface area contributed by atoms with Crippen LogP contribution in [-0.2, 0) is 47.7 Å². The van der Waals surface area contributed by atoms with Crippen LogP contribution in [0.1, 0.15) is 62.3 Å². The van der Waals surface area contributed by atoms with Crippen molar-refractivity contribution < 1.29 is 66.8 Å². The summed E-state index contributed by atoms with van der Waals surface area (Å²) >= 11 is 0. The molecular weight excluding hydrogens is 877 g/mol. The molecule has 0 spiro atoms. The highest BCUT2D eigenvalue weighted by atomic mass is 16.6. The molecule has 0 unspecified atom stereocenters. The Balaban J connectivity index is 2.06. The summed E-state index contributed by atoms with van der Waals surface area (Å²) in [7, 11) is 0. The first-order valence-electron chi connectivity index (χ1n) is 21.1. The Morgan fingerprint density at radius 3 is 1.01 bits per heavy atom. The number of rotatable bonds is 24. The molecule has 0 fully saturated rings. The standard InChI is InChI=1S/C52H56N2O14/c1-31(2)47(57)63-25-21-53(22-26-64-48(58)32(3)4)45(55)41-19-17-40(30-44(41)68-52(62)36(11)12)38-15-13-37(14-16-38)39-18-20-43(67-51(61)35(9)10)42(29-39)46(56)54(23-27-65-49(59)33(5)6)24-28-66-50(60)34(7)8/h13-20,29-30H,1,3,5,7,9,11,21-28H2,2,4,6,8,10,12H3. The van der Waals surface area contributed by atoms with Crippen LogP contribution in [0, 0.1) is 0 Å². The second-order valence-electron chi connectivity index (χ2n) is 15.6. The van der Waals surface area contributed by atoms with Gasteiger partial charge in [-0.05, 0) is 88.1 Å². The topological polar surface area (TPSA) is 198 Å². The summed E-state index contributed by atoms with van der Waals surface area (Å²) in [5.74, 6) is -5.70. The van der Waals surface area contributed by atoms with Gasteiger partial charge >= 0.3 is 35.8 Å². The normalized spacial score (nSPS) is 10.3.